The highest BCUT2D eigenvalue weighted by molar-refractivity contribution is 5.83. The molecule has 1 amide bonds. The van der Waals surface area contributed by atoms with Gasteiger partial charge in [-0.2, -0.15) is 0 Å². The van der Waals surface area contributed by atoms with Gasteiger partial charge in [-0.3, -0.25) is 0 Å². The van der Waals surface area contributed by atoms with Gasteiger partial charge >= 0.3 is 6.09 Å². The van der Waals surface area contributed by atoms with E-state index in [1.54, 1.807) is 12.3 Å². The number of rotatable bonds is 7. The smallest absolute Gasteiger partial charge is 0.413 e. The first-order valence-corrected chi connectivity index (χ1v) is 8.77. The zero-order chi connectivity index (χ0) is 20.2. The number of aryl methyl sites for hydroxylation is 1. The number of pyridine rings is 1. The van der Waals surface area contributed by atoms with Gasteiger partial charge in [0.05, 0.1) is 5.69 Å². The molecule has 3 N–H and O–H groups in total. The van der Waals surface area contributed by atoms with Gasteiger partial charge in [0.1, 0.15) is 6.61 Å². The fourth-order valence-corrected chi connectivity index (χ4v) is 2.83. The lowest BCUT2D eigenvalue weighted by Crippen LogP contribution is -2.43. The Kier molecular flexibility index (Phi) is 6.32. The van der Waals surface area contributed by atoms with E-state index in [9.17, 15) is 4.79 Å². The second-order valence-electron chi connectivity index (χ2n) is 7.47. The number of aromatic nitrogens is 3. The van der Waals surface area contributed by atoms with Crippen molar-refractivity contribution in [1.82, 2.24) is 15.0 Å². The second-order valence-corrected chi connectivity index (χ2v) is 7.47. The van der Waals surface area contributed by atoms with Gasteiger partial charge in [0, 0.05) is 36.1 Å². The second kappa shape index (κ2) is 8.30. The molecule has 8 heteroatoms. The lowest BCUT2D eigenvalue weighted by molar-refractivity contribution is 0.199. The van der Waals surface area contributed by atoms with E-state index in [4.69, 9.17) is 15.6 Å². The van der Waals surface area contributed by atoms with Crippen LogP contribution in [0.3, 0.4) is 0 Å². The van der Waals surface area contributed by atoms with Crippen LogP contribution < -0.4 is 15.4 Å². The van der Waals surface area contributed by atoms with Crippen molar-refractivity contribution in [3.8, 4) is 17.1 Å². The van der Waals surface area contributed by atoms with Crippen molar-refractivity contribution in [2.45, 2.75) is 39.7 Å². The average molecular weight is 373 g/mol. The van der Waals surface area contributed by atoms with Crippen LogP contribution in [0, 0.1) is 12.8 Å². The number of ether oxygens (including phenoxy) is 1. The van der Waals surface area contributed by atoms with Crippen molar-refractivity contribution in [2.75, 3.05) is 18.6 Å². The van der Waals surface area contributed by atoms with Crippen molar-refractivity contribution in [2.24, 2.45) is 11.7 Å². The highest BCUT2D eigenvalue weighted by atomic mass is 16.5. The summed E-state index contributed by atoms with van der Waals surface area (Å²) in [4.78, 5) is 24.7. The summed E-state index contributed by atoms with van der Waals surface area (Å²) in [5.74, 6) is 1.11. The Bertz CT molecular complexity index is 808. The summed E-state index contributed by atoms with van der Waals surface area (Å²) in [5, 5.41) is 9.06. The summed E-state index contributed by atoms with van der Waals surface area (Å²) in [6, 6.07) is 3.60. The molecule has 0 aromatic carbocycles. The molecule has 2 aromatic heterocycles. The van der Waals surface area contributed by atoms with E-state index in [1.165, 1.54) is 13.2 Å². The Morgan fingerprint density at radius 1 is 1.41 bits per heavy atom. The number of hydrogen-bond donors (Lipinski definition) is 2. The molecule has 1 atom stereocenters. The Hall–Kier alpha value is -2.74. The molecule has 0 aliphatic heterocycles. The number of nitrogens with two attached hydrogens (primary N) is 1. The minimum absolute atomic E-state index is 0.102. The first kappa shape index (κ1) is 20.6. The molecule has 0 spiro atoms. The van der Waals surface area contributed by atoms with Gasteiger partial charge in [-0.15, -0.1) is 0 Å². The van der Waals surface area contributed by atoms with Crippen molar-refractivity contribution < 1.29 is 14.6 Å². The van der Waals surface area contributed by atoms with Gasteiger partial charge in [0.2, 0.25) is 11.8 Å². The van der Waals surface area contributed by atoms with Crippen LogP contribution in [0.5, 0.6) is 5.88 Å². The molecule has 0 saturated heterocycles. The number of nitrogens with zero attached hydrogens (tertiary/aromatic N) is 4. The quantitative estimate of drug-likeness (QED) is 0.766. The van der Waals surface area contributed by atoms with Crippen LogP contribution in [0.15, 0.2) is 24.5 Å². The molecule has 0 radical (unpaired) electrons. The van der Waals surface area contributed by atoms with Crippen molar-refractivity contribution >= 4 is 12.0 Å². The molecule has 0 fully saturated rings. The number of hydrogen-bond acceptors (Lipinski definition) is 6. The number of anilines is 1. The van der Waals surface area contributed by atoms with Crippen molar-refractivity contribution in [3.05, 3.63) is 30.1 Å². The highest BCUT2D eigenvalue weighted by Gasteiger charge is 2.22. The zero-order valence-corrected chi connectivity index (χ0v) is 16.4. The minimum Gasteiger partial charge on any atom is -0.476 e. The van der Waals surface area contributed by atoms with Gasteiger partial charge in [0.15, 0.2) is 0 Å². The molecule has 8 nitrogen and oxygen atoms in total. The van der Waals surface area contributed by atoms with E-state index < -0.39 is 11.6 Å². The zero-order valence-electron chi connectivity index (χ0n) is 16.4. The van der Waals surface area contributed by atoms with Gasteiger partial charge in [-0.05, 0) is 38.3 Å². The predicted molar refractivity (Wildman–Crippen MR) is 104 cm³/mol. The van der Waals surface area contributed by atoms with E-state index in [1.807, 2.05) is 19.9 Å². The summed E-state index contributed by atoms with van der Waals surface area (Å²) in [6.07, 6.45) is 2.88. The third-order valence-corrected chi connectivity index (χ3v) is 3.97. The van der Waals surface area contributed by atoms with Crippen molar-refractivity contribution in [3.63, 3.8) is 0 Å². The van der Waals surface area contributed by atoms with Crippen LogP contribution in [-0.2, 0) is 0 Å². The predicted octanol–water partition coefficient (Wildman–Crippen LogP) is 3.10. The summed E-state index contributed by atoms with van der Waals surface area (Å²) < 4.78 is 5.83. The largest absolute Gasteiger partial charge is 0.476 e. The van der Waals surface area contributed by atoms with Gasteiger partial charge in [0.25, 0.3) is 0 Å². The van der Waals surface area contributed by atoms with Gasteiger partial charge in [-0.25, -0.2) is 24.6 Å². The molecule has 2 rings (SSSR count). The Morgan fingerprint density at radius 3 is 2.70 bits per heavy atom. The van der Waals surface area contributed by atoms with Crippen molar-refractivity contribution in [1.29, 1.82) is 0 Å². The average Bonchev–Trinajstić information content (AvgIpc) is 2.59. The van der Waals surface area contributed by atoms with Crippen LogP contribution >= 0.6 is 0 Å². The monoisotopic (exact) mass is 373 g/mol. The highest BCUT2D eigenvalue weighted by Crippen LogP contribution is 2.24. The van der Waals surface area contributed by atoms with Crippen LogP contribution in [0.1, 0.15) is 32.8 Å². The molecule has 0 saturated carbocycles. The van der Waals surface area contributed by atoms with Crippen LogP contribution in [0.2, 0.25) is 0 Å². The molecule has 146 valence electrons. The summed E-state index contributed by atoms with van der Waals surface area (Å²) >= 11 is 0. The molecular weight excluding hydrogens is 346 g/mol. The van der Waals surface area contributed by atoms with Crippen LogP contribution in [0.4, 0.5) is 10.7 Å². The van der Waals surface area contributed by atoms with E-state index in [0.717, 1.165) is 22.4 Å². The lowest BCUT2D eigenvalue weighted by Gasteiger charge is -2.26. The fraction of sp³-hybridized carbons (Fsp3) is 0.474. The first-order chi connectivity index (χ1) is 12.6. The Balaban J connectivity index is 2.17. The molecule has 0 aliphatic rings. The van der Waals surface area contributed by atoms with E-state index in [0.29, 0.717) is 24.1 Å². The normalized spacial score (nSPS) is 13.3. The molecule has 0 bridgehead atoms. The third-order valence-electron chi connectivity index (χ3n) is 3.97. The summed E-state index contributed by atoms with van der Waals surface area (Å²) in [5.41, 5.74) is 8.04. The maximum Gasteiger partial charge on any atom is 0.413 e. The standard InChI is InChI=1S/C19H27N5O3/c1-12(2)9-19(4,20)11-27-16-13(3)8-14(10-22-16)15-6-7-21-17(23-15)24(5)18(25)26/h6-8,10,12H,9,11,20H2,1-5H3,(H,25,26). The maximum absolute atomic E-state index is 11.1. The third kappa shape index (κ3) is 5.62. The summed E-state index contributed by atoms with van der Waals surface area (Å²) in [6.45, 7) is 8.49. The van der Waals surface area contributed by atoms with E-state index in [-0.39, 0.29) is 5.95 Å². The van der Waals surface area contributed by atoms with Crippen LogP contribution in [-0.4, -0.2) is 45.3 Å². The van der Waals surface area contributed by atoms with Gasteiger partial charge in [-0.1, -0.05) is 13.8 Å². The summed E-state index contributed by atoms with van der Waals surface area (Å²) in [7, 11) is 1.39. The van der Waals surface area contributed by atoms with Gasteiger partial charge < -0.3 is 15.6 Å². The number of carbonyl (C=O) groups is 1. The minimum atomic E-state index is -1.13. The Morgan fingerprint density at radius 2 is 2.11 bits per heavy atom. The molecule has 2 heterocycles. The molecule has 2 aromatic rings. The first-order valence-electron chi connectivity index (χ1n) is 8.77. The topological polar surface area (TPSA) is 114 Å². The molecule has 1 unspecified atom stereocenters. The Labute approximate surface area is 159 Å². The SMILES string of the molecule is Cc1cc(-c2ccnc(N(C)C(=O)O)n2)cnc1OCC(C)(N)CC(C)C. The van der Waals surface area contributed by atoms with Crippen LogP contribution in [0.25, 0.3) is 11.3 Å². The maximum atomic E-state index is 11.1. The van der Waals surface area contributed by atoms with E-state index in [2.05, 4.69) is 28.8 Å². The van der Waals surface area contributed by atoms with E-state index >= 15 is 0 Å². The fourth-order valence-electron chi connectivity index (χ4n) is 2.83. The molecule has 27 heavy (non-hydrogen) atoms. The number of amides is 1. The lowest BCUT2D eigenvalue weighted by atomic mass is 9.93. The molecular formula is C19H27N5O3. The molecule has 0 aliphatic carbocycles. The number of carboxylic acid groups (broad SMARTS) is 1.